The maximum Gasteiger partial charge on any atom is 0.107 e. The zero-order chi connectivity index (χ0) is 5.11. The highest BCUT2D eigenvalue weighted by Gasteiger charge is 1.87. The second kappa shape index (κ2) is 1.97. The van der Waals surface area contributed by atoms with Crippen LogP contribution < -0.4 is 5.43 Å². The molecule has 1 heterocycles. The predicted octanol–water partition coefficient (Wildman–Crippen LogP) is 0.616. The molecule has 0 aromatic heterocycles. The van der Waals surface area contributed by atoms with E-state index < -0.39 is 0 Å². The number of nitrogens with one attached hydrogen (secondary N) is 1. The van der Waals surface area contributed by atoms with Crippen molar-refractivity contribution in [3.63, 3.8) is 0 Å². The van der Waals surface area contributed by atoms with Gasteiger partial charge in [-0.1, -0.05) is 0 Å². The van der Waals surface area contributed by atoms with Gasteiger partial charge in [-0.05, 0) is 0 Å². The van der Waals surface area contributed by atoms with Crippen molar-refractivity contribution < 1.29 is 0 Å². The van der Waals surface area contributed by atoms with E-state index in [0.29, 0.717) is 0 Å². The third-order valence-electron chi connectivity index (χ3n) is 0.539. The summed E-state index contributed by atoms with van der Waals surface area (Å²) in [5, 5.41) is 0. The van der Waals surface area contributed by atoms with Crippen molar-refractivity contribution >= 4 is 22.5 Å². The summed E-state index contributed by atoms with van der Waals surface area (Å²) in [6.45, 7) is 0. The first-order valence-electron chi connectivity index (χ1n) is 1.79. The molecule has 0 amide bonds. The second-order valence-corrected chi connectivity index (χ2v) is 1.78. The van der Waals surface area contributed by atoms with Gasteiger partial charge in [0.15, 0.2) is 0 Å². The monoisotopic (exact) mass is 161 g/mol. The van der Waals surface area contributed by atoms with Crippen molar-refractivity contribution in [1.29, 1.82) is 0 Å². The molecule has 0 radical (unpaired) electrons. The molecule has 3 nitrogen and oxygen atoms in total. The standard InChI is InChI=1S/C3H4BrN3/c4-7-2-1-5-3-6-7/h1-3H,(H,5,6). The van der Waals surface area contributed by atoms with Gasteiger partial charge in [-0.25, -0.2) is 9.03 Å². The SMILES string of the molecule is BrN1C=CN=CN1. The molecule has 0 unspecified atom stereocenters. The van der Waals surface area contributed by atoms with Gasteiger partial charge < -0.3 is 0 Å². The third-order valence-corrected chi connectivity index (χ3v) is 0.980. The van der Waals surface area contributed by atoms with Gasteiger partial charge in [0.1, 0.15) is 6.34 Å². The minimum absolute atomic E-state index is 1.58. The van der Waals surface area contributed by atoms with Crippen LogP contribution in [0.1, 0.15) is 0 Å². The molecule has 0 bridgehead atoms. The van der Waals surface area contributed by atoms with Gasteiger partial charge in [0.2, 0.25) is 0 Å². The van der Waals surface area contributed by atoms with Crippen molar-refractivity contribution in [3.05, 3.63) is 12.4 Å². The van der Waals surface area contributed by atoms with Gasteiger partial charge in [0, 0.05) is 6.20 Å². The van der Waals surface area contributed by atoms with E-state index in [-0.39, 0.29) is 0 Å². The minimum Gasteiger partial charge on any atom is -0.278 e. The Balaban J connectivity index is 2.49. The molecule has 1 N–H and O–H groups in total. The third kappa shape index (κ3) is 1.19. The molecule has 4 heteroatoms. The van der Waals surface area contributed by atoms with E-state index in [0.717, 1.165) is 0 Å². The van der Waals surface area contributed by atoms with Crippen molar-refractivity contribution in [2.24, 2.45) is 4.99 Å². The molecular weight excluding hydrogens is 158 g/mol. The zero-order valence-corrected chi connectivity index (χ0v) is 5.09. The maximum absolute atomic E-state index is 3.74. The van der Waals surface area contributed by atoms with Crippen LogP contribution in [0.4, 0.5) is 0 Å². The number of nitrogens with zero attached hydrogens (tertiary/aromatic N) is 2. The molecule has 0 fully saturated rings. The Hall–Kier alpha value is -0.510. The fourth-order valence-electron chi connectivity index (χ4n) is 0.272. The Morgan fingerprint density at radius 1 is 1.71 bits per heavy atom. The van der Waals surface area contributed by atoms with Gasteiger partial charge in [-0.3, -0.25) is 5.43 Å². The van der Waals surface area contributed by atoms with Gasteiger partial charge in [-0.2, -0.15) is 0 Å². The van der Waals surface area contributed by atoms with Crippen LogP contribution in [0.15, 0.2) is 17.4 Å². The fourth-order valence-corrected chi connectivity index (χ4v) is 0.469. The van der Waals surface area contributed by atoms with E-state index in [9.17, 15) is 0 Å². The van der Waals surface area contributed by atoms with E-state index in [2.05, 4.69) is 26.6 Å². The number of aliphatic imine (C=N–C) groups is 1. The number of hydrazine groups is 1. The van der Waals surface area contributed by atoms with Crippen molar-refractivity contribution in [2.75, 3.05) is 0 Å². The lowest BCUT2D eigenvalue weighted by molar-refractivity contribution is 0.589. The highest BCUT2D eigenvalue weighted by molar-refractivity contribution is 9.07. The largest absolute Gasteiger partial charge is 0.278 e. The summed E-state index contributed by atoms with van der Waals surface area (Å²) in [5.74, 6) is 0. The normalized spacial score (nSPS) is 17.0. The molecule has 0 atom stereocenters. The van der Waals surface area contributed by atoms with E-state index in [1.165, 1.54) is 0 Å². The Bertz CT molecular complexity index is 109. The fraction of sp³-hybridized carbons (Fsp3) is 0. The summed E-state index contributed by atoms with van der Waals surface area (Å²) in [6, 6.07) is 0. The average molecular weight is 162 g/mol. The second-order valence-electron chi connectivity index (χ2n) is 1.02. The highest BCUT2D eigenvalue weighted by Crippen LogP contribution is 1.94. The summed E-state index contributed by atoms with van der Waals surface area (Å²) in [5.41, 5.74) is 2.75. The molecular formula is C3H4BrN3. The van der Waals surface area contributed by atoms with Crippen LogP contribution >= 0.6 is 16.1 Å². The first-order valence-corrected chi connectivity index (χ1v) is 2.50. The number of hydrogen-bond donors (Lipinski definition) is 1. The topological polar surface area (TPSA) is 27.6 Å². The summed E-state index contributed by atoms with van der Waals surface area (Å²) < 4.78 is 1.62. The van der Waals surface area contributed by atoms with Crippen LogP contribution in [-0.4, -0.2) is 10.4 Å². The van der Waals surface area contributed by atoms with Crippen LogP contribution in [0.3, 0.4) is 0 Å². The molecule has 7 heavy (non-hydrogen) atoms. The molecule has 0 aromatic carbocycles. The average Bonchev–Trinajstić information content (AvgIpc) is 1.69. The van der Waals surface area contributed by atoms with Gasteiger partial charge in [0.25, 0.3) is 0 Å². The molecule has 0 saturated heterocycles. The van der Waals surface area contributed by atoms with Crippen LogP contribution in [0.25, 0.3) is 0 Å². The molecule has 0 aromatic rings. The molecule has 1 aliphatic heterocycles. The maximum atomic E-state index is 3.74. The van der Waals surface area contributed by atoms with E-state index in [1.807, 2.05) is 0 Å². The molecule has 1 aliphatic rings. The summed E-state index contributed by atoms with van der Waals surface area (Å²) in [7, 11) is 0. The lowest BCUT2D eigenvalue weighted by atomic mass is 10.9. The molecule has 0 aliphatic carbocycles. The number of halogens is 1. The predicted molar refractivity (Wildman–Crippen MR) is 31.5 cm³/mol. The van der Waals surface area contributed by atoms with Gasteiger partial charge in [0.05, 0.1) is 22.3 Å². The lowest BCUT2D eigenvalue weighted by Crippen LogP contribution is -2.24. The van der Waals surface area contributed by atoms with Crippen LogP contribution in [0.2, 0.25) is 0 Å². The van der Waals surface area contributed by atoms with Crippen LogP contribution in [-0.2, 0) is 0 Å². The Morgan fingerprint density at radius 2 is 2.57 bits per heavy atom. The zero-order valence-electron chi connectivity index (χ0n) is 3.50. The lowest BCUT2D eigenvalue weighted by Gasteiger charge is -2.10. The number of hydrogen-bond acceptors (Lipinski definition) is 3. The highest BCUT2D eigenvalue weighted by atomic mass is 79.9. The molecule has 38 valence electrons. The smallest absolute Gasteiger partial charge is 0.107 e. The van der Waals surface area contributed by atoms with Crippen molar-refractivity contribution in [3.8, 4) is 0 Å². The van der Waals surface area contributed by atoms with Crippen molar-refractivity contribution in [1.82, 2.24) is 9.46 Å². The number of rotatable bonds is 0. The summed E-state index contributed by atoms with van der Waals surface area (Å²) >= 11 is 3.13. The molecule has 1 rings (SSSR count). The van der Waals surface area contributed by atoms with Gasteiger partial charge >= 0.3 is 0 Å². The van der Waals surface area contributed by atoms with Crippen LogP contribution in [0, 0.1) is 0 Å². The Labute approximate surface area is 50.0 Å². The molecule has 0 saturated carbocycles. The first kappa shape index (κ1) is 4.64. The molecule has 0 spiro atoms. The Morgan fingerprint density at radius 3 is 2.86 bits per heavy atom. The van der Waals surface area contributed by atoms with E-state index in [1.54, 1.807) is 22.8 Å². The van der Waals surface area contributed by atoms with E-state index >= 15 is 0 Å². The summed E-state index contributed by atoms with van der Waals surface area (Å²) in [6.07, 6.45) is 5.00. The first-order chi connectivity index (χ1) is 3.39. The van der Waals surface area contributed by atoms with Crippen molar-refractivity contribution in [2.45, 2.75) is 0 Å². The van der Waals surface area contributed by atoms with Crippen LogP contribution in [0.5, 0.6) is 0 Å². The Kier molecular flexibility index (Phi) is 1.31. The van der Waals surface area contributed by atoms with Gasteiger partial charge in [-0.15, -0.1) is 0 Å². The minimum atomic E-state index is 1.58. The van der Waals surface area contributed by atoms with E-state index in [4.69, 9.17) is 0 Å². The quantitative estimate of drug-likeness (QED) is 0.528. The summed E-state index contributed by atoms with van der Waals surface area (Å²) in [4.78, 5) is 3.74.